The first-order valence-electron chi connectivity index (χ1n) is 14.4. The minimum absolute atomic E-state index is 0.0908. The van der Waals surface area contributed by atoms with Gasteiger partial charge in [0, 0.05) is 5.56 Å². The lowest BCUT2D eigenvalue weighted by atomic mass is 10.1. The molecule has 0 aromatic heterocycles. The van der Waals surface area contributed by atoms with Crippen LogP contribution in [-0.4, -0.2) is 12.4 Å². The highest BCUT2D eigenvalue weighted by molar-refractivity contribution is 5.94. The van der Waals surface area contributed by atoms with E-state index in [1.807, 2.05) is 24.3 Å². The van der Waals surface area contributed by atoms with Crippen LogP contribution in [0.15, 0.2) is 72.8 Å². The van der Waals surface area contributed by atoms with Crippen LogP contribution < -0.4 is 4.74 Å². The summed E-state index contributed by atoms with van der Waals surface area (Å²) >= 11 is 0. The lowest BCUT2D eigenvalue weighted by Crippen LogP contribution is -1.97. The van der Waals surface area contributed by atoms with E-state index < -0.39 is 0 Å². The van der Waals surface area contributed by atoms with Crippen LogP contribution >= 0.6 is 0 Å². The molecule has 0 spiro atoms. The van der Waals surface area contributed by atoms with Crippen LogP contribution in [0.1, 0.15) is 111 Å². The van der Waals surface area contributed by atoms with Gasteiger partial charge in [-0.2, -0.15) is 0 Å². The quantitative estimate of drug-likeness (QED) is 0.103. The summed E-state index contributed by atoms with van der Waals surface area (Å²) in [6.45, 7) is 4.66. The monoisotopic (exact) mass is 508 g/mol. The van der Waals surface area contributed by atoms with Crippen molar-refractivity contribution in [2.75, 3.05) is 6.61 Å². The van der Waals surface area contributed by atoms with E-state index in [2.05, 4.69) is 79.8 Å². The fourth-order valence-corrected chi connectivity index (χ4v) is 4.39. The fraction of sp³-hybridized carbons (Fsp3) is 0.361. The van der Waals surface area contributed by atoms with Gasteiger partial charge in [0.15, 0.2) is 5.78 Å². The van der Waals surface area contributed by atoms with E-state index in [0.29, 0.717) is 0 Å². The highest BCUT2D eigenvalue weighted by Gasteiger charge is 1.98. The molecule has 0 heterocycles. The zero-order valence-corrected chi connectivity index (χ0v) is 23.3. The molecule has 0 N–H and O–H groups in total. The Balaban J connectivity index is 1.34. The average molecular weight is 509 g/mol. The molecule has 2 nitrogen and oxygen atoms in total. The number of unbranched alkanes of at least 4 members (excludes halogenated alkanes) is 9. The summed E-state index contributed by atoms with van der Waals surface area (Å²) in [6, 6.07) is 24.5. The van der Waals surface area contributed by atoms with Gasteiger partial charge in [0.25, 0.3) is 0 Å². The van der Waals surface area contributed by atoms with Gasteiger partial charge in [-0.25, -0.2) is 0 Å². The Bertz CT molecular complexity index is 1120. The van der Waals surface area contributed by atoms with E-state index in [0.717, 1.165) is 46.6 Å². The minimum Gasteiger partial charge on any atom is -0.494 e. The molecule has 0 saturated carbocycles. The standard InChI is InChI=1S/C36H44O2/c1-3-4-5-6-7-8-9-10-11-12-29-38-36-27-23-34(24-28-36)20-18-32-15-13-31(14-16-32)17-19-33-21-25-35(26-22-33)30(2)37/h13-28H,3-12,29H2,1-2H3/b19-17+,20-18+. The molecular weight excluding hydrogens is 464 g/mol. The maximum Gasteiger partial charge on any atom is 0.159 e. The molecule has 0 radical (unpaired) electrons. The SMILES string of the molecule is CCCCCCCCCCCCOc1ccc(/C=C/c2ccc(/C=C/c3ccc(C(C)=O)cc3)cc2)cc1. The predicted molar refractivity (Wildman–Crippen MR) is 165 cm³/mol. The number of carbonyl (C=O) groups is 1. The number of carbonyl (C=O) groups excluding carboxylic acids is 1. The van der Waals surface area contributed by atoms with E-state index in [-0.39, 0.29) is 5.78 Å². The maximum atomic E-state index is 11.4. The molecule has 0 amide bonds. The molecule has 0 aliphatic carbocycles. The van der Waals surface area contributed by atoms with Gasteiger partial charge >= 0.3 is 0 Å². The first-order valence-corrected chi connectivity index (χ1v) is 14.4. The summed E-state index contributed by atoms with van der Waals surface area (Å²) in [4.78, 5) is 11.4. The van der Waals surface area contributed by atoms with Crippen molar-refractivity contribution >= 4 is 30.1 Å². The van der Waals surface area contributed by atoms with Gasteiger partial charge in [-0.15, -0.1) is 0 Å². The van der Waals surface area contributed by atoms with E-state index in [1.165, 1.54) is 57.8 Å². The van der Waals surface area contributed by atoms with E-state index in [9.17, 15) is 4.79 Å². The van der Waals surface area contributed by atoms with Crippen molar-refractivity contribution in [2.45, 2.75) is 78.1 Å². The Morgan fingerprint density at radius 3 is 1.34 bits per heavy atom. The molecule has 0 fully saturated rings. The summed E-state index contributed by atoms with van der Waals surface area (Å²) < 4.78 is 5.93. The minimum atomic E-state index is 0.0908. The van der Waals surface area contributed by atoms with E-state index in [1.54, 1.807) is 6.92 Å². The molecule has 3 aromatic rings. The second-order valence-electron chi connectivity index (χ2n) is 10.1. The third-order valence-electron chi connectivity index (χ3n) is 6.84. The van der Waals surface area contributed by atoms with Gasteiger partial charge < -0.3 is 4.74 Å². The van der Waals surface area contributed by atoms with Crippen molar-refractivity contribution in [3.05, 3.63) is 101 Å². The molecule has 0 atom stereocenters. The lowest BCUT2D eigenvalue weighted by Gasteiger charge is -2.06. The van der Waals surface area contributed by atoms with Crippen molar-refractivity contribution < 1.29 is 9.53 Å². The molecule has 3 rings (SSSR count). The zero-order valence-electron chi connectivity index (χ0n) is 23.3. The molecule has 200 valence electrons. The third kappa shape index (κ3) is 11.3. The van der Waals surface area contributed by atoms with Gasteiger partial charge in [-0.3, -0.25) is 4.79 Å². The number of benzene rings is 3. The van der Waals surface area contributed by atoms with Crippen molar-refractivity contribution in [3.63, 3.8) is 0 Å². The molecule has 0 unspecified atom stereocenters. The van der Waals surface area contributed by atoms with E-state index >= 15 is 0 Å². The normalized spacial score (nSPS) is 11.4. The summed E-state index contributed by atoms with van der Waals surface area (Å²) in [5.74, 6) is 1.04. The molecule has 0 aliphatic rings. The Kier molecular flexibility index (Phi) is 13.2. The Hall–Kier alpha value is -3.39. The van der Waals surface area contributed by atoms with Gasteiger partial charge in [0.05, 0.1) is 6.61 Å². The molecule has 3 aromatic carbocycles. The average Bonchev–Trinajstić information content (AvgIpc) is 2.95. The van der Waals surface area contributed by atoms with Crippen LogP contribution in [0.5, 0.6) is 5.75 Å². The topological polar surface area (TPSA) is 26.3 Å². The number of rotatable bonds is 17. The number of hydrogen-bond donors (Lipinski definition) is 0. The molecule has 38 heavy (non-hydrogen) atoms. The van der Waals surface area contributed by atoms with Gasteiger partial charge in [-0.1, -0.05) is 150 Å². The fourth-order valence-electron chi connectivity index (χ4n) is 4.39. The molecular formula is C36H44O2. The first kappa shape index (κ1) is 29.2. The summed E-state index contributed by atoms with van der Waals surface area (Å²) in [7, 11) is 0. The van der Waals surface area contributed by atoms with Gasteiger partial charge in [-0.05, 0) is 47.7 Å². The van der Waals surface area contributed by atoms with Crippen LogP contribution in [0, 0.1) is 0 Å². The largest absolute Gasteiger partial charge is 0.494 e. The van der Waals surface area contributed by atoms with Crippen LogP contribution in [0.4, 0.5) is 0 Å². The third-order valence-corrected chi connectivity index (χ3v) is 6.84. The van der Waals surface area contributed by atoms with E-state index in [4.69, 9.17) is 4.74 Å². The van der Waals surface area contributed by atoms with Crippen LogP contribution in [-0.2, 0) is 0 Å². The van der Waals surface area contributed by atoms with Crippen LogP contribution in [0.25, 0.3) is 24.3 Å². The highest BCUT2D eigenvalue weighted by atomic mass is 16.5. The molecule has 0 aliphatic heterocycles. The summed E-state index contributed by atoms with van der Waals surface area (Å²) in [5, 5.41) is 0. The smallest absolute Gasteiger partial charge is 0.159 e. The summed E-state index contributed by atoms with van der Waals surface area (Å²) in [6.07, 6.45) is 21.8. The number of hydrogen-bond acceptors (Lipinski definition) is 2. The predicted octanol–water partition coefficient (Wildman–Crippen LogP) is 10.5. The van der Waals surface area contributed by atoms with Crippen LogP contribution in [0.3, 0.4) is 0 Å². The van der Waals surface area contributed by atoms with Crippen LogP contribution in [0.2, 0.25) is 0 Å². The molecule has 0 saturated heterocycles. The molecule has 2 heteroatoms. The van der Waals surface area contributed by atoms with Gasteiger partial charge in [0.1, 0.15) is 5.75 Å². The second-order valence-corrected chi connectivity index (χ2v) is 10.1. The highest BCUT2D eigenvalue weighted by Crippen LogP contribution is 2.17. The number of Topliss-reactive ketones (excluding diaryl/α,β-unsaturated/α-hetero) is 1. The number of ketones is 1. The Labute approximate surface area is 230 Å². The van der Waals surface area contributed by atoms with Crippen molar-refractivity contribution in [1.29, 1.82) is 0 Å². The Morgan fingerprint density at radius 1 is 0.553 bits per heavy atom. The van der Waals surface area contributed by atoms with Gasteiger partial charge in [0.2, 0.25) is 0 Å². The van der Waals surface area contributed by atoms with Crippen molar-refractivity contribution in [3.8, 4) is 5.75 Å². The molecule has 0 bridgehead atoms. The van der Waals surface area contributed by atoms with Crippen molar-refractivity contribution in [1.82, 2.24) is 0 Å². The first-order chi connectivity index (χ1) is 18.6. The second kappa shape index (κ2) is 17.2. The summed E-state index contributed by atoms with van der Waals surface area (Å²) in [5.41, 5.74) is 5.28. The number of ether oxygens (including phenoxy) is 1. The lowest BCUT2D eigenvalue weighted by molar-refractivity contribution is 0.101. The maximum absolute atomic E-state index is 11.4. The zero-order chi connectivity index (χ0) is 26.8. The Morgan fingerprint density at radius 2 is 0.921 bits per heavy atom. The van der Waals surface area contributed by atoms with Crippen molar-refractivity contribution in [2.24, 2.45) is 0 Å².